The van der Waals surface area contributed by atoms with E-state index < -0.39 is 0 Å². The van der Waals surface area contributed by atoms with Crippen LogP contribution in [0.2, 0.25) is 0 Å². The molecule has 2 aromatic carbocycles. The zero-order chi connectivity index (χ0) is 13.0. The van der Waals surface area contributed by atoms with Crippen molar-refractivity contribution in [2.75, 3.05) is 0 Å². The summed E-state index contributed by atoms with van der Waals surface area (Å²) in [5, 5.41) is 0. The van der Waals surface area contributed by atoms with Crippen LogP contribution in [0.3, 0.4) is 0 Å². The summed E-state index contributed by atoms with van der Waals surface area (Å²) in [4.78, 5) is 12.3. The average Bonchev–Trinajstić information content (AvgIpc) is 2.47. The summed E-state index contributed by atoms with van der Waals surface area (Å²) in [7, 11) is 0. The maximum atomic E-state index is 12.3. The number of rotatable bonds is 4. The molecule has 90 valence electrons. The zero-order valence-electron chi connectivity index (χ0n) is 10.5. The summed E-state index contributed by atoms with van der Waals surface area (Å²) in [5.41, 5.74) is 2.45. The lowest BCUT2D eigenvalue weighted by Gasteiger charge is -2.14. The van der Waals surface area contributed by atoms with Crippen LogP contribution in [-0.2, 0) is 0 Å². The van der Waals surface area contributed by atoms with Gasteiger partial charge in [-0.1, -0.05) is 74.2 Å². The van der Waals surface area contributed by atoms with Gasteiger partial charge >= 0.3 is 0 Å². The summed E-state index contributed by atoms with van der Waals surface area (Å²) in [6.07, 6.45) is 0. The molecule has 1 heteroatoms. The molecule has 0 aromatic heterocycles. The Morgan fingerprint density at radius 3 is 2.00 bits per heavy atom. The number of carbonyl (C=O) groups is 1. The minimum Gasteiger partial charge on any atom is -0.289 e. The minimum atomic E-state index is 0.0203. The van der Waals surface area contributed by atoms with E-state index in [0.717, 1.165) is 5.56 Å². The molecule has 0 heterocycles. The van der Waals surface area contributed by atoms with Crippen molar-refractivity contribution in [2.24, 2.45) is 0 Å². The monoisotopic (exact) mass is 236 g/mol. The van der Waals surface area contributed by atoms with Crippen molar-refractivity contribution in [3.05, 3.63) is 83.9 Å². The molecule has 2 rings (SSSR count). The molecule has 1 nitrogen and oxygen atoms in total. The van der Waals surface area contributed by atoms with Gasteiger partial charge in [-0.05, 0) is 5.56 Å². The first-order valence-electron chi connectivity index (χ1n) is 6.03. The lowest BCUT2D eigenvalue weighted by atomic mass is 9.89. The van der Waals surface area contributed by atoms with Gasteiger partial charge in [0.2, 0.25) is 0 Å². The number of Topliss-reactive ketones (excluding diaryl/α,β-unsaturated/α-hetero) is 1. The molecule has 1 unspecified atom stereocenters. The molecule has 0 fully saturated rings. The fourth-order valence-corrected chi connectivity index (χ4v) is 1.91. The lowest BCUT2D eigenvalue weighted by Crippen LogP contribution is -2.08. The third-order valence-electron chi connectivity index (χ3n) is 3.15. The van der Waals surface area contributed by atoms with Crippen molar-refractivity contribution < 1.29 is 4.79 Å². The van der Waals surface area contributed by atoms with Crippen molar-refractivity contribution >= 4 is 5.78 Å². The lowest BCUT2D eigenvalue weighted by molar-refractivity contribution is 0.102. The third kappa shape index (κ3) is 2.57. The first-order chi connectivity index (χ1) is 8.70. The predicted molar refractivity (Wildman–Crippen MR) is 74.8 cm³/mol. The van der Waals surface area contributed by atoms with Crippen molar-refractivity contribution in [2.45, 2.75) is 12.8 Å². The van der Waals surface area contributed by atoms with Crippen molar-refractivity contribution in [3.63, 3.8) is 0 Å². The van der Waals surface area contributed by atoms with E-state index in [1.807, 2.05) is 67.6 Å². The molecule has 0 aliphatic rings. The molecule has 0 amide bonds. The Bertz CT molecular complexity index is 540. The number of benzene rings is 2. The molecule has 2 aromatic rings. The Morgan fingerprint density at radius 1 is 0.944 bits per heavy atom. The van der Waals surface area contributed by atoms with E-state index in [9.17, 15) is 4.79 Å². The second-order valence-corrected chi connectivity index (χ2v) is 4.35. The van der Waals surface area contributed by atoms with Gasteiger partial charge in [-0.3, -0.25) is 4.79 Å². The smallest absolute Gasteiger partial charge is 0.189 e. The van der Waals surface area contributed by atoms with Crippen LogP contribution in [0.25, 0.3) is 0 Å². The highest BCUT2D eigenvalue weighted by Gasteiger charge is 2.17. The van der Waals surface area contributed by atoms with Gasteiger partial charge in [0.25, 0.3) is 0 Å². The van der Waals surface area contributed by atoms with Crippen molar-refractivity contribution in [1.29, 1.82) is 0 Å². The van der Waals surface area contributed by atoms with Crippen LogP contribution >= 0.6 is 0 Å². The molecule has 0 aliphatic heterocycles. The van der Waals surface area contributed by atoms with E-state index in [2.05, 4.69) is 6.58 Å². The maximum absolute atomic E-state index is 12.3. The second-order valence-electron chi connectivity index (χ2n) is 4.35. The summed E-state index contributed by atoms with van der Waals surface area (Å²) >= 11 is 0. The highest BCUT2D eigenvalue weighted by molar-refractivity contribution is 6.09. The Balaban J connectivity index is 2.20. The second kappa shape index (κ2) is 5.46. The molecule has 0 aliphatic carbocycles. The van der Waals surface area contributed by atoms with E-state index >= 15 is 0 Å². The quantitative estimate of drug-likeness (QED) is 0.573. The number of hydrogen-bond acceptors (Lipinski definition) is 1. The molecule has 0 N–H and O–H groups in total. The Morgan fingerprint density at radius 2 is 1.44 bits per heavy atom. The summed E-state index contributed by atoms with van der Waals surface area (Å²) in [5.74, 6) is 0.0610. The first-order valence-corrected chi connectivity index (χ1v) is 6.03. The first kappa shape index (κ1) is 12.3. The van der Waals surface area contributed by atoms with E-state index in [-0.39, 0.29) is 11.7 Å². The highest BCUT2D eigenvalue weighted by atomic mass is 16.1. The molecule has 18 heavy (non-hydrogen) atoms. The molecular weight excluding hydrogens is 220 g/mol. The molecule has 1 atom stereocenters. The van der Waals surface area contributed by atoms with Gasteiger partial charge in [0.15, 0.2) is 5.78 Å². The van der Waals surface area contributed by atoms with Gasteiger partial charge in [0, 0.05) is 17.1 Å². The van der Waals surface area contributed by atoms with Crippen LogP contribution in [0.1, 0.15) is 28.8 Å². The third-order valence-corrected chi connectivity index (χ3v) is 3.15. The van der Waals surface area contributed by atoms with Gasteiger partial charge in [-0.25, -0.2) is 0 Å². The van der Waals surface area contributed by atoms with Crippen molar-refractivity contribution in [1.82, 2.24) is 0 Å². The summed E-state index contributed by atoms with van der Waals surface area (Å²) < 4.78 is 0. The van der Waals surface area contributed by atoms with Gasteiger partial charge < -0.3 is 0 Å². The number of allylic oxidation sites excluding steroid dienone is 1. The maximum Gasteiger partial charge on any atom is 0.189 e. The van der Waals surface area contributed by atoms with Crippen molar-refractivity contribution in [3.8, 4) is 0 Å². The van der Waals surface area contributed by atoms with E-state index in [0.29, 0.717) is 11.1 Å². The van der Waals surface area contributed by atoms with Crippen LogP contribution < -0.4 is 0 Å². The molecule has 0 bridgehead atoms. The number of ketones is 1. The number of carbonyl (C=O) groups excluding carboxylic acids is 1. The van der Waals surface area contributed by atoms with Crippen LogP contribution in [0, 0.1) is 0 Å². The normalized spacial score (nSPS) is 11.8. The van der Waals surface area contributed by atoms with E-state index in [4.69, 9.17) is 0 Å². The molecule has 0 spiro atoms. The SMILES string of the molecule is C=C(C(=O)c1ccccc1)C(C)c1ccccc1. The fourth-order valence-electron chi connectivity index (χ4n) is 1.91. The van der Waals surface area contributed by atoms with Crippen LogP contribution in [0.4, 0.5) is 0 Å². The average molecular weight is 236 g/mol. The standard InChI is InChI=1S/C17H16O/c1-13(15-9-5-3-6-10-15)14(2)17(18)16-11-7-4-8-12-16/h3-13H,2H2,1H3. The van der Waals surface area contributed by atoms with Gasteiger partial charge in [-0.2, -0.15) is 0 Å². The molecular formula is C17H16O. The predicted octanol–water partition coefficient (Wildman–Crippen LogP) is 4.23. The minimum absolute atomic E-state index is 0.0203. The summed E-state index contributed by atoms with van der Waals surface area (Å²) in [6, 6.07) is 19.3. The molecule has 0 saturated carbocycles. The topological polar surface area (TPSA) is 17.1 Å². The molecule has 0 saturated heterocycles. The van der Waals surface area contributed by atoms with Crippen LogP contribution in [0.5, 0.6) is 0 Å². The fraction of sp³-hybridized carbons (Fsp3) is 0.118. The zero-order valence-corrected chi connectivity index (χ0v) is 10.5. The van der Waals surface area contributed by atoms with Gasteiger partial charge in [0.1, 0.15) is 0 Å². The summed E-state index contributed by atoms with van der Waals surface area (Å²) in [6.45, 7) is 5.97. The van der Waals surface area contributed by atoms with Gasteiger partial charge in [-0.15, -0.1) is 0 Å². The Hall–Kier alpha value is -2.15. The van der Waals surface area contributed by atoms with Crippen LogP contribution in [0.15, 0.2) is 72.8 Å². The number of hydrogen-bond donors (Lipinski definition) is 0. The Labute approximate surface area is 108 Å². The van der Waals surface area contributed by atoms with Gasteiger partial charge in [0.05, 0.1) is 0 Å². The van der Waals surface area contributed by atoms with E-state index in [1.54, 1.807) is 0 Å². The van der Waals surface area contributed by atoms with Crippen LogP contribution in [-0.4, -0.2) is 5.78 Å². The molecule has 0 radical (unpaired) electrons. The Kier molecular flexibility index (Phi) is 3.73. The van der Waals surface area contributed by atoms with E-state index in [1.165, 1.54) is 0 Å². The largest absolute Gasteiger partial charge is 0.289 e. The highest BCUT2D eigenvalue weighted by Crippen LogP contribution is 2.25.